The van der Waals surface area contributed by atoms with Crippen LogP contribution in [0.25, 0.3) is 0 Å². The average Bonchev–Trinajstić information content (AvgIpc) is 3.32. The molecule has 2 aliphatic heterocycles. The van der Waals surface area contributed by atoms with Crippen molar-refractivity contribution in [1.82, 2.24) is 10.2 Å². The fraction of sp³-hybridized carbons (Fsp3) is 0.444. The third-order valence-electron chi connectivity index (χ3n) is 3.61. The topological polar surface area (TPSA) is 64.9 Å². The molecule has 9 heteroatoms. The molecule has 4 rings (SSSR count). The summed E-state index contributed by atoms with van der Waals surface area (Å²) >= 11 is 0. The van der Waals surface area contributed by atoms with E-state index in [1.807, 2.05) is 24.3 Å². The number of carboxylic acids is 1. The summed E-state index contributed by atoms with van der Waals surface area (Å²) < 4.78 is 0. The molecule has 0 spiro atoms. The predicted molar refractivity (Wildman–Crippen MR) is 115 cm³/mol. The van der Waals surface area contributed by atoms with Gasteiger partial charge in [-0.1, -0.05) is 0 Å². The minimum Gasteiger partial charge on any atom is 2.00 e. The van der Waals surface area contributed by atoms with Crippen LogP contribution in [0.4, 0.5) is 0 Å². The molecule has 5 nitrogen and oxygen atoms in total. The van der Waals surface area contributed by atoms with Crippen molar-refractivity contribution in [3.05, 3.63) is 48.6 Å². The van der Waals surface area contributed by atoms with Crippen molar-refractivity contribution < 1.29 is 36.1 Å². The SMILES string of the molecule is Cl.Cl.O=C(O)C1CCN2CCCN=C2N1.[C-]1=CC=CC1.[C-]1=CC=CC1.[GaH3].[Zr+2]. The van der Waals surface area contributed by atoms with E-state index in [0.717, 1.165) is 44.9 Å². The Morgan fingerprint density at radius 3 is 2.15 bits per heavy atom. The molecular weight excluding hydrogens is 522 g/mol. The Labute approximate surface area is 206 Å². The summed E-state index contributed by atoms with van der Waals surface area (Å²) in [5, 5.41) is 11.7. The molecule has 0 aromatic rings. The Balaban J connectivity index is -0.000000349. The van der Waals surface area contributed by atoms with Crippen LogP contribution in [-0.4, -0.2) is 67.4 Å². The van der Waals surface area contributed by atoms with Crippen LogP contribution in [0.15, 0.2) is 41.4 Å². The van der Waals surface area contributed by atoms with E-state index < -0.39 is 12.0 Å². The number of halogens is 2. The average molecular weight is 550 g/mol. The summed E-state index contributed by atoms with van der Waals surface area (Å²) in [5.41, 5.74) is 0. The van der Waals surface area contributed by atoms with Gasteiger partial charge in [-0.3, -0.25) is 17.1 Å². The maximum Gasteiger partial charge on any atom is 2.00 e. The Hall–Kier alpha value is -0.201. The van der Waals surface area contributed by atoms with Crippen molar-refractivity contribution in [3.63, 3.8) is 0 Å². The normalized spacial score (nSPS) is 19.6. The summed E-state index contributed by atoms with van der Waals surface area (Å²) in [6.07, 6.45) is 21.7. The summed E-state index contributed by atoms with van der Waals surface area (Å²) in [6.45, 7) is 2.62. The van der Waals surface area contributed by atoms with Gasteiger partial charge in [0, 0.05) is 19.6 Å². The number of fused-ring (bicyclic) bond motifs is 1. The van der Waals surface area contributed by atoms with Gasteiger partial charge in [0.25, 0.3) is 0 Å². The quantitative estimate of drug-likeness (QED) is 0.386. The van der Waals surface area contributed by atoms with Gasteiger partial charge in [0.15, 0.2) is 5.96 Å². The zero-order valence-electron chi connectivity index (χ0n) is 14.6. The van der Waals surface area contributed by atoms with E-state index in [9.17, 15) is 4.79 Å². The Morgan fingerprint density at radius 2 is 1.74 bits per heavy atom. The van der Waals surface area contributed by atoms with Crippen LogP contribution in [-0.2, 0) is 31.0 Å². The molecule has 0 radical (unpaired) electrons. The number of aliphatic carboxylic acids is 1. The Morgan fingerprint density at radius 1 is 1.15 bits per heavy atom. The molecule has 1 saturated heterocycles. The molecule has 0 bridgehead atoms. The molecule has 27 heavy (non-hydrogen) atoms. The van der Waals surface area contributed by atoms with Crippen molar-refractivity contribution in [2.75, 3.05) is 19.6 Å². The monoisotopic (exact) mass is 547 g/mol. The maximum absolute atomic E-state index is 10.7. The van der Waals surface area contributed by atoms with Gasteiger partial charge in [0.1, 0.15) is 6.04 Å². The zero-order chi connectivity index (χ0) is 16.3. The summed E-state index contributed by atoms with van der Waals surface area (Å²) in [6, 6.07) is -0.451. The van der Waals surface area contributed by atoms with Crippen LogP contribution in [0.2, 0.25) is 0 Å². The van der Waals surface area contributed by atoms with Crippen molar-refractivity contribution in [2.45, 2.75) is 31.7 Å². The van der Waals surface area contributed by atoms with E-state index in [1.165, 1.54) is 0 Å². The van der Waals surface area contributed by atoms with Crippen molar-refractivity contribution >= 4 is 56.5 Å². The van der Waals surface area contributed by atoms with Gasteiger partial charge in [-0.2, -0.15) is 12.2 Å². The second-order valence-corrected chi connectivity index (χ2v) is 5.38. The smallest absolute Gasteiger partial charge is 2.00 e. The first-order valence-corrected chi connectivity index (χ1v) is 7.99. The number of carboxylic acid groups (broad SMARTS) is 1. The molecular formula is C18H28Cl2GaN3O2Zr. The number of nitrogens with zero attached hydrogens (tertiary/aromatic N) is 2. The van der Waals surface area contributed by atoms with E-state index in [-0.39, 0.29) is 70.8 Å². The number of carbonyl (C=O) groups is 1. The Kier molecular flexibility index (Phi) is 22.3. The first kappa shape index (κ1) is 31.5. The van der Waals surface area contributed by atoms with Crippen LogP contribution >= 0.6 is 24.8 Å². The predicted octanol–water partition coefficient (Wildman–Crippen LogP) is 1.76. The van der Waals surface area contributed by atoms with Gasteiger partial charge in [0.05, 0.1) is 0 Å². The fourth-order valence-corrected chi connectivity index (χ4v) is 2.39. The third-order valence-corrected chi connectivity index (χ3v) is 3.61. The molecule has 0 aromatic carbocycles. The second-order valence-electron chi connectivity index (χ2n) is 5.38. The zero-order valence-corrected chi connectivity index (χ0v) is 18.6. The fourth-order valence-electron chi connectivity index (χ4n) is 2.39. The first-order valence-electron chi connectivity index (χ1n) is 7.99. The van der Waals surface area contributed by atoms with E-state index in [0.29, 0.717) is 6.42 Å². The molecule has 0 saturated carbocycles. The maximum atomic E-state index is 10.7. The van der Waals surface area contributed by atoms with Gasteiger partial charge in [-0.25, -0.2) is 29.1 Å². The molecule has 0 aromatic heterocycles. The molecule has 1 atom stereocenters. The van der Waals surface area contributed by atoms with Crippen LogP contribution in [0.3, 0.4) is 0 Å². The van der Waals surface area contributed by atoms with Gasteiger partial charge in [-0.05, 0) is 12.8 Å². The van der Waals surface area contributed by atoms with Crippen LogP contribution in [0.5, 0.6) is 0 Å². The van der Waals surface area contributed by atoms with E-state index in [2.05, 4.69) is 39.5 Å². The summed E-state index contributed by atoms with van der Waals surface area (Å²) in [5.74, 6) is -0.0159. The molecule has 2 heterocycles. The molecule has 1 unspecified atom stereocenters. The van der Waals surface area contributed by atoms with Gasteiger partial charge in [0.2, 0.25) is 0 Å². The Bertz CT molecular complexity index is 513. The molecule has 4 aliphatic rings. The molecule has 2 aliphatic carbocycles. The van der Waals surface area contributed by atoms with Crippen molar-refractivity contribution in [3.8, 4) is 0 Å². The minimum absolute atomic E-state index is 0. The number of nitrogens with one attached hydrogen (secondary N) is 1. The molecule has 2 N–H and O–H groups in total. The van der Waals surface area contributed by atoms with E-state index in [4.69, 9.17) is 5.11 Å². The van der Waals surface area contributed by atoms with Crippen LogP contribution in [0.1, 0.15) is 25.7 Å². The molecule has 0 amide bonds. The van der Waals surface area contributed by atoms with Crippen molar-refractivity contribution in [2.24, 2.45) is 4.99 Å². The van der Waals surface area contributed by atoms with Gasteiger partial charge >= 0.3 is 52.0 Å². The van der Waals surface area contributed by atoms with E-state index >= 15 is 0 Å². The van der Waals surface area contributed by atoms with E-state index in [1.54, 1.807) is 0 Å². The summed E-state index contributed by atoms with van der Waals surface area (Å²) in [7, 11) is 0. The molecule has 1 fully saturated rings. The number of aliphatic imine (C=N–C) groups is 1. The summed E-state index contributed by atoms with van der Waals surface area (Å²) in [4.78, 5) is 17.1. The number of guanidine groups is 1. The van der Waals surface area contributed by atoms with Crippen LogP contribution in [0, 0.1) is 12.2 Å². The van der Waals surface area contributed by atoms with Gasteiger partial charge in [-0.15, -0.1) is 37.7 Å². The van der Waals surface area contributed by atoms with Crippen LogP contribution < -0.4 is 5.32 Å². The first-order chi connectivity index (χ1) is 11.3. The number of hydrogen-bond acceptors (Lipinski definition) is 4. The number of hydrogen-bond donors (Lipinski definition) is 2. The number of rotatable bonds is 1. The standard InChI is InChI=1S/C8H13N3O2.2C5H5.2ClH.Ga.Zr.3H/c12-7(13)6-2-5-11-4-1-3-9-8(11)10-6;2*1-2-4-5-3-1;;;;;;;/h6H,1-5H2,(H,9,10)(H,12,13);2*1-3H,4H2;2*1H;;;;;/q;2*-1;;;;+2;;;. The van der Waals surface area contributed by atoms with Gasteiger partial charge < -0.3 is 15.3 Å². The number of allylic oxidation sites excluding steroid dienone is 8. The minimum atomic E-state index is -0.784. The molecule has 148 valence electrons. The van der Waals surface area contributed by atoms with Crippen molar-refractivity contribution in [1.29, 1.82) is 0 Å². The third kappa shape index (κ3) is 12.8. The second kappa shape index (κ2) is 19.1. The largest absolute Gasteiger partial charge is 2.00 e.